The summed E-state index contributed by atoms with van der Waals surface area (Å²) in [5.41, 5.74) is 6.09. The molecule has 10 rings (SSSR count). The van der Waals surface area contributed by atoms with Crippen LogP contribution >= 0.6 is 0 Å². The van der Waals surface area contributed by atoms with E-state index < -0.39 is 13.7 Å². The molecule has 1 spiro atoms. The van der Waals surface area contributed by atoms with E-state index in [9.17, 15) is 14.7 Å². The second kappa shape index (κ2) is 18.8. The second-order valence-corrected chi connectivity index (χ2v) is 23.6. The number of hydrogen-bond donors (Lipinski definition) is 1. The summed E-state index contributed by atoms with van der Waals surface area (Å²) in [5, 5.41) is 32.2. The number of anilines is 3. The van der Waals surface area contributed by atoms with Gasteiger partial charge in [0.1, 0.15) is 5.75 Å². The molecule has 5 heterocycles. The highest BCUT2D eigenvalue weighted by Gasteiger charge is 2.66. The maximum atomic E-state index is 16.0. The number of benzene rings is 5. The summed E-state index contributed by atoms with van der Waals surface area (Å²) in [6.07, 6.45) is 4.09. The maximum absolute atomic E-state index is 16.0. The SMILES string of the molecule is COc1ccc([Si](C)(C)[C@H]2[C@H](CCn3cc(CCO)nn3)O[C@@]3(C(=O)N(Cc4cccc(N5N=C(c6ccccc6)CCC5=O)c4)c4ccc(N5N=C(c6ccccc6)CCC5=O)cc43)[C@@H]2C)cc1. The van der Waals surface area contributed by atoms with Gasteiger partial charge in [-0.2, -0.15) is 10.2 Å². The molecule has 4 aliphatic heterocycles. The van der Waals surface area contributed by atoms with Gasteiger partial charge in [0.25, 0.3) is 5.91 Å². The van der Waals surface area contributed by atoms with Crippen molar-refractivity contribution in [2.24, 2.45) is 16.1 Å². The molecule has 3 amide bonds. The van der Waals surface area contributed by atoms with Crippen LogP contribution in [0.4, 0.5) is 17.1 Å². The van der Waals surface area contributed by atoms with Gasteiger partial charge in [0, 0.05) is 62.9 Å². The molecule has 1 fully saturated rings. The molecule has 4 atom stereocenters. The van der Waals surface area contributed by atoms with E-state index in [0.717, 1.165) is 33.9 Å². The Labute approximate surface area is 402 Å². The van der Waals surface area contributed by atoms with Crippen LogP contribution in [0.5, 0.6) is 5.75 Å². The van der Waals surface area contributed by atoms with Crippen LogP contribution in [0.1, 0.15) is 67.0 Å². The number of aromatic nitrogens is 3. The predicted octanol–water partition coefficient (Wildman–Crippen LogP) is 7.74. The molecule has 1 saturated heterocycles. The lowest BCUT2D eigenvalue weighted by Gasteiger charge is -2.37. The van der Waals surface area contributed by atoms with E-state index in [1.54, 1.807) is 11.8 Å². The smallest absolute Gasteiger partial charge is 0.264 e. The molecular weight excluding hydrogens is 885 g/mol. The first kappa shape index (κ1) is 45.7. The van der Waals surface area contributed by atoms with Crippen LogP contribution < -0.4 is 24.8 Å². The molecule has 0 bridgehead atoms. The van der Waals surface area contributed by atoms with Gasteiger partial charge in [0.15, 0.2) is 5.60 Å². The Kier molecular flexibility index (Phi) is 12.4. The number of amides is 3. The summed E-state index contributed by atoms with van der Waals surface area (Å²) in [7, 11) is -0.867. The average molecular weight is 941 g/mol. The molecular formula is C54H56N8O6Si. The van der Waals surface area contributed by atoms with Gasteiger partial charge in [-0.25, -0.2) is 10.0 Å². The van der Waals surface area contributed by atoms with Crippen LogP contribution in [0, 0.1) is 5.92 Å². The number of nitrogens with zero attached hydrogens (tertiary/aromatic N) is 8. The molecule has 352 valence electrons. The quantitative estimate of drug-likeness (QED) is 0.109. The highest BCUT2D eigenvalue weighted by Crippen LogP contribution is 2.60. The lowest BCUT2D eigenvalue weighted by Crippen LogP contribution is -2.51. The summed E-state index contributed by atoms with van der Waals surface area (Å²) in [4.78, 5) is 45.1. The fraction of sp³-hybridized carbons (Fsp3) is 0.315. The number of fused-ring (bicyclic) bond motifs is 2. The minimum absolute atomic E-state index is 0.0279. The van der Waals surface area contributed by atoms with Crippen molar-refractivity contribution in [2.45, 2.75) is 88.9 Å². The van der Waals surface area contributed by atoms with Crippen LogP contribution in [0.25, 0.3) is 0 Å². The maximum Gasteiger partial charge on any atom is 0.264 e. The number of aryl methyl sites for hydroxylation is 1. The third kappa shape index (κ3) is 8.48. The first-order chi connectivity index (χ1) is 33.5. The van der Waals surface area contributed by atoms with E-state index in [-0.39, 0.29) is 54.9 Å². The topological polar surface area (TPSA) is 155 Å². The Morgan fingerprint density at radius 1 is 0.768 bits per heavy atom. The van der Waals surface area contributed by atoms with Crippen LogP contribution in [-0.2, 0) is 44.2 Å². The van der Waals surface area contributed by atoms with Gasteiger partial charge in [0.05, 0.1) is 62.0 Å². The highest BCUT2D eigenvalue weighted by molar-refractivity contribution is 6.91. The number of aliphatic hydroxyl groups excluding tert-OH is 1. The minimum Gasteiger partial charge on any atom is -0.497 e. The molecule has 0 radical (unpaired) electrons. The van der Waals surface area contributed by atoms with Gasteiger partial charge in [-0.1, -0.05) is 115 Å². The summed E-state index contributed by atoms with van der Waals surface area (Å²) >= 11 is 0. The molecule has 69 heavy (non-hydrogen) atoms. The summed E-state index contributed by atoms with van der Waals surface area (Å²) in [6.45, 7) is 7.49. The summed E-state index contributed by atoms with van der Waals surface area (Å²) in [6, 6.07) is 41.5. The first-order valence-electron chi connectivity index (χ1n) is 23.8. The Balaban J connectivity index is 1.07. The zero-order chi connectivity index (χ0) is 47.9. The normalized spacial score (nSPS) is 21.5. The highest BCUT2D eigenvalue weighted by atomic mass is 28.3. The van der Waals surface area contributed by atoms with E-state index in [1.165, 1.54) is 15.2 Å². The molecule has 5 aromatic carbocycles. The van der Waals surface area contributed by atoms with Crippen LogP contribution in [0.2, 0.25) is 18.6 Å². The zero-order valence-electron chi connectivity index (χ0n) is 39.4. The fourth-order valence-electron chi connectivity index (χ4n) is 10.9. The largest absolute Gasteiger partial charge is 0.497 e. The number of hydrazone groups is 2. The average Bonchev–Trinajstić information content (AvgIpc) is 4.03. The molecule has 14 nitrogen and oxygen atoms in total. The Morgan fingerprint density at radius 3 is 2.03 bits per heavy atom. The van der Waals surface area contributed by atoms with Gasteiger partial charge in [-0.15, -0.1) is 5.10 Å². The number of carbonyl (C=O) groups is 3. The van der Waals surface area contributed by atoms with Crippen molar-refractivity contribution in [2.75, 3.05) is 28.6 Å². The predicted molar refractivity (Wildman–Crippen MR) is 268 cm³/mol. The van der Waals surface area contributed by atoms with E-state index in [4.69, 9.17) is 19.7 Å². The minimum atomic E-state index is -2.53. The molecule has 1 aromatic heterocycles. The Hall–Kier alpha value is -7.07. The van der Waals surface area contributed by atoms with Gasteiger partial charge in [0.2, 0.25) is 11.8 Å². The number of rotatable bonds is 14. The Morgan fingerprint density at radius 2 is 1.41 bits per heavy atom. The summed E-state index contributed by atoms with van der Waals surface area (Å²) < 4.78 is 14.9. The van der Waals surface area contributed by atoms with Crippen molar-refractivity contribution in [1.82, 2.24) is 15.0 Å². The molecule has 15 heteroatoms. The zero-order valence-corrected chi connectivity index (χ0v) is 40.4. The first-order valence-corrected chi connectivity index (χ1v) is 26.9. The van der Waals surface area contributed by atoms with Gasteiger partial charge in [-0.3, -0.25) is 19.1 Å². The standard InChI is InChI=1S/C54H56N8O6Si/c1-36-52(69(3,4)44-21-19-43(67-2)20-22-44)49(28-30-59-35-40(29-31-63)55-58-59)68-54(36)45-33-42(62-51(65)27-24-47(57-62)39-15-9-6-10-16-39)18-25-48(45)60(53(54)66)34-37-12-11-17-41(32-37)61-50(64)26-23-46(56-61)38-13-7-5-8-14-38/h5-22,25,32-33,35-36,49,52,63H,23-24,26-31,34H2,1-4H3/t36-,49+,52-,54+/m1/s1. The van der Waals surface area contributed by atoms with Crippen molar-refractivity contribution in [3.63, 3.8) is 0 Å². The number of carbonyl (C=O) groups excluding carboxylic acids is 3. The molecule has 6 aromatic rings. The number of ether oxygens (including phenoxy) is 2. The number of hydrogen-bond acceptors (Lipinski definition) is 10. The second-order valence-electron chi connectivity index (χ2n) is 18.9. The molecule has 0 saturated carbocycles. The van der Waals surface area contributed by atoms with Gasteiger partial charge >= 0.3 is 0 Å². The van der Waals surface area contributed by atoms with E-state index in [2.05, 4.69) is 42.5 Å². The van der Waals surface area contributed by atoms with Gasteiger partial charge in [-0.05, 0) is 71.1 Å². The fourth-order valence-corrected chi connectivity index (χ4v) is 15.0. The number of aliphatic hydroxyl groups is 1. The van der Waals surface area contributed by atoms with Gasteiger partial charge < -0.3 is 19.5 Å². The lowest BCUT2D eigenvalue weighted by molar-refractivity contribution is -0.146. The van der Waals surface area contributed by atoms with Crippen LogP contribution in [0.3, 0.4) is 0 Å². The third-order valence-corrected chi connectivity index (χ3v) is 18.8. The molecule has 4 aliphatic rings. The van der Waals surface area contributed by atoms with Crippen molar-refractivity contribution in [3.05, 3.63) is 162 Å². The van der Waals surface area contributed by atoms with Crippen molar-refractivity contribution >= 4 is 59.5 Å². The van der Waals surface area contributed by atoms with E-state index in [1.807, 2.05) is 126 Å². The van der Waals surface area contributed by atoms with Crippen molar-refractivity contribution in [1.29, 1.82) is 0 Å². The number of methoxy groups -OCH3 is 1. The molecule has 0 unspecified atom stereocenters. The van der Waals surface area contributed by atoms with Crippen LogP contribution in [0.15, 0.2) is 144 Å². The molecule has 1 N–H and O–H groups in total. The van der Waals surface area contributed by atoms with Crippen molar-refractivity contribution < 1.29 is 29.0 Å². The monoisotopic (exact) mass is 940 g/mol. The Bertz CT molecular complexity index is 2960. The third-order valence-electron chi connectivity index (χ3n) is 14.4. The summed E-state index contributed by atoms with van der Waals surface area (Å²) in [5.74, 6) is 0.00686. The molecule has 0 aliphatic carbocycles. The van der Waals surface area contributed by atoms with Crippen LogP contribution in [-0.4, -0.2) is 77.1 Å². The van der Waals surface area contributed by atoms with E-state index >= 15 is 4.79 Å². The lowest BCUT2D eigenvalue weighted by atomic mass is 9.82. The van der Waals surface area contributed by atoms with Crippen molar-refractivity contribution in [3.8, 4) is 5.75 Å². The van der Waals surface area contributed by atoms with E-state index in [0.29, 0.717) is 67.0 Å².